The summed E-state index contributed by atoms with van der Waals surface area (Å²) in [7, 11) is 1.50. The van der Waals surface area contributed by atoms with E-state index in [-0.39, 0.29) is 17.7 Å². The van der Waals surface area contributed by atoms with Gasteiger partial charge in [-0.05, 0) is 55.0 Å². The van der Waals surface area contributed by atoms with Crippen LogP contribution in [0.3, 0.4) is 0 Å². The molecule has 0 saturated carbocycles. The van der Waals surface area contributed by atoms with Crippen LogP contribution >= 0.6 is 0 Å². The van der Waals surface area contributed by atoms with E-state index in [9.17, 15) is 9.90 Å². The van der Waals surface area contributed by atoms with Crippen molar-refractivity contribution in [2.75, 3.05) is 17.7 Å². The Balaban J connectivity index is 1.43. The molecule has 1 amide bonds. The van der Waals surface area contributed by atoms with Gasteiger partial charge < -0.3 is 20.5 Å². The van der Waals surface area contributed by atoms with E-state index in [1.807, 2.05) is 31.2 Å². The van der Waals surface area contributed by atoms with Crippen molar-refractivity contribution in [1.82, 2.24) is 15.0 Å². The summed E-state index contributed by atoms with van der Waals surface area (Å²) in [4.78, 5) is 25.2. The third kappa shape index (κ3) is 5.24. The number of phenols is 1. The molecule has 0 aliphatic carbocycles. The Morgan fingerprint density at radius 2 is 1.85 bits per heavy atom. The zero-order valence-corrected chi connectivity index (χ0v) is 18.2. The number of ether oxygens (including phenoxy) is 1. The molecule has 2 aromatic carbocycles. The number of nitrogens with zero attached hydrogens (tertiary/aromatic N) is 3. The number of aromatic hydroxyl groups is 1. The van der Waals surface area contributed by atoms with Crippen LogP contribution in [0, 0.1) is 0 Å². The predicted octanol–water partition coefficient (Wildman–Crippen LogP) is 4.68. The lowest BCUT2D eigenvalue weighted by molar-refractivity contribution is 0.102. The number of nitrogens with one attached hydrogen (secondary N) is 2. The van der Waals surface area contributed by atoms with Gasteiger partial charge in [-0.25, -0.2) is 4.98 Å². The molecule has 1 atom stereocenters. The Bertz CT molecular complexity index is 1250. The number of hydrogen-bond donors (Lipinski definition) is 3. The van der Waals surface area contributed by atoms with E-state index >= 15 is 0 Å². The molecule has 2 heterocycles. The monoisotopic (exact) mass is 441 g/mol. The first-order chi connectivity index (χ1) is 16.0. The van der Waals surface area contributed by atoms with E-state index in [0.717, 1.165) is 11.1 Å². The standard InChI is InChI=1S/C25H23N5O3/c1-16(17-5-8-20(9-6-17)29-25(32)19-4-3-11-26-13-19)28-24-15-27-14-21(30-24)18-7-10-22(31)23(12-18)33-2/h3-16,31H,1-2H3,(H,28,30)(H,29,32). The number of phenolic OH excluding ortho intramolecular Hbond substituents is 1. The van der Waals surface area contributed by atoms with Gasteiger partial charge in [0.1, 0.15) is 5.82 Å². The minimum atomic E-state index is -0.208. The molecule has 0 aliphatic heterocycles. The summed E-state index contributed by atoms with van der Waals surface area (Å²) in [6, 6.07) is 16.0. The number of hydrogen-bond acceptors (Lipinski definition) is 7. The highest BCUT2D eigenvalue weighted by Crippen LogP contribution is 2.31. The molecule has 0 bridgehead atoms. The minimum absolute atomic E-state index is 0.0491. The van der Waals surface area contributed by atoms with E-state index in [1.54, 1.807) is 48.9 Å². The van der Waals surface area contributed by atoms with Crippen molar-refractivity contribution in [3.05, 3.63) is 90.5 Å². The fourth-order valence-corrected chi connectivity index (χ4v) is 3.27. The third-order valence-electron chi connectivity index (χ3n) is 5.07. The topological polar surface area (TPSA) is 109 Å². The SMILES string of the molecule is COc1cc(-c2cncc(NC(C)c3ccc(NC(=O)c4cccnc4)cc3)n2)ccc1O. The molecule has 0 spiro atoms. The normalized spacial score (nSPS) is 11.5. The number of amides is 1. The molecule has 166 valence electrons. The van der Waals surface area contributed by atoms with E-state index in [4.69, 9.17) is 4.74 Å². The molecule has 4 aromatic rings. The van der Waals surface area contributed by atoms with E-state index < -0.39 is 0 Å². The highest BCUT2D eigenvalue weighted by molar-refractivity contribution is 6.04. The highest BCUT2D eigenvalue weighted by atomic mass is 16.5. The predicted molar refractivity (Wildman–Crippen MR) is 126 cm³/mol. The maximum absolute atomic E-state index is 12.3. The van der Waals surface area contributed by atoms with Crippen LogP contribution in [0.25, 0.3) is 11.3 Å². The zero-order valence-electron chi connectivity index (χ0n) is 18.2. The second kappa shape index (κ2) is 9.78. The Hall–Kier alpha value is -4.46. The summed E-state index contributed by atoms with van der Waals surface area (Å²) in [5.41, 5.74) is 3.65. The van der Waals surface area contributed by atoms with Crippen molar-refractivity contribution in [2.45, 2.75) is 13.0 Å². The third-order valence-corrected chi connectivity index (χ3v) is 5.07. The average molecular weight is 441 g/mol. The van der Waals surface area contributed by atoms with Crippen LogP contribution in [0.1, 0.15) is 28.9 Å². The van der Waals surface area contributed by atoms with Gasteiger partial charge in [0.15, 0.2) is 11.5 Å². The fourth-order valence-electron chi connectivity index (χ4n) is 3.27. The molecule has 4 rings (SSSR count). The molecular weight excluding hydrogens is 418 g/mol. The van der Waals surface area contributed by atoms with Crippen LogP contribution < -0.4 is 15.4 Å². The number of rotatable bonds is 7. The van der Waals surface area contributed by atoms with Crippen LogP contribution in [-0.2, 0) is 0 Å². The van der Waals surface area contributed by atoms with Crippen LogP contribution in [0.15, 0.2) is 79.4 Å². The van der Waals surface area contributed by atoms with Gasteiger partial charge in [0.05, 0.1) is 30.8 Å². The highest BCUT2D eigenvalue weighted by Gasteiger charge is 2.11. The summed E-state index contributed by atoms with van der Waals surface area (Å²) in [6.45, 7) is 2.02. The number of carbonyl (C=O) groups is 1. The second-order valence-corrected chi connectivity index (χ2v) is 7.36. The van der Waals surface area contributed by atoms with Gasteiger partial charge >= 0.3 is 0 Å². The summed E-state index contributed by atoms with van der Waals surface area (Å²) in [5, 5.41) is 16.0. The summed E-state index contributed by atoms with van der Waals surface area (Å²) in [6.07, 6.45) is 6.46. The smallest absolute Gasteiger partial charge is 0.257 e. The summed E-state index contributed by atoms with van der Waals surface area (Å²) >= 11 is 0. The maximum atomic E-state index is 12.3. The van der Waals surface area contributed by atoms with Gasteiger partial charge in [-0.3, -0.25) is 14.8 Å². The van der Waals surface area contributed by atoms with Crippen molar-refractivity contribution in [2.24, 2.45) is 0 Å². The Morgan fingerprint density at radius 3 is 2.58 bits per heavy atom. The van der Waals surface area contributed by atoms with Crippen LogP contribution in [0.5, 0.6) is 11.5 Å². The Kier molecular flexibility index (Phi) is 6.45. The van der Waals surface area contributed by atoms with Gasteiger partial charge in [0.2, 0.25) is 0 Å². The van der Waals surface area contributed by atoms with Crippen LogP contribution in [-0.4, -0.2) is 33.1 Å². The zero-order chi connectivity index (χ0) is 23.2. The molecule has 1 unspecified atom stereocenters. The number of methoxy groups -OCH3 is 1. The van der Waals surface area contributed by atoms with Gasteiger partial charge in [0, 0.05) is 29.7 Å². The first-order valence-electron chi connectivity index (χ1n) is 10.3. The molecule has 0 saturated heterocycles. The number of pyridine rings is 1. The lowest BCUT2D eigenvalue weighted by atomic mass is 10.1. The average Bonchev–Trinajstić information content (AvgIpc) is 2.85. The van der Waals surface area contributed by atoms with Crippen molar-refractivity contribution < 1.29 is 14.6 Å². The van der Waals surface area contributed by atoms with Crippen LogP contribution in [0.4, 0.5) is 11.5 Å². The first kappa shape index (κ1) is 21.8. The van der Waals surface area contributed by atoms with Crippen molar-refractivity contribution >= 4 is 17.4 Å². The Morgan fingerprint density at radius 1 is 1.03 bits per heavy atom. The van der Waals surface area contributed by atoms with E-state index in [0.29, 0.717) is 28.5 Å². The first-order valence-corrected chi connectivity index (χ1v) is 10.3. The molecule has 2 aromatic heterocycles. The van der Waals surface area contributed by atoms with Crippen molar-refractivity contribution in [3.8, 4) is 22.8 Å². The van der Waals surface area contributed by atoms with E-state index in [2.05, 4.69) is 25.6 Å². The molecule has 0 aliphatic rings. The molecular formula is C25H23N5O3. The number of benzene rings is 2. The molecule has 0 radical (unpaired) electrons. The lowest BCUT2D eigenvalue weighted by Crippen LogP contribution is -2.12. The van der Waals surface area contributed by atoms with Crippen molar-refractivity contribution in [3.63, 3.8) is 0 Å². The second-order valence-electron chi connectivity index (χ2n) is 7.36. The van der Waals surface area contributed by atoms with Gasteiger partial charge in [-0.2, -0.15) is 0 Å². The van der Waals surface area contributed by atoms with Crippen molar-refractivity contribution in [1.29, 1.82) is 0 Å². The quantitative estimate of drug-likeness (QED) is 0.382. The number of anilines is 2. The maximum Gasteiger partial charge on any atom is 0.257 e. The molecule has 33 heavy (non-hydrogen) atoms. The summed E-state index contributed by atoms with van der Waals surface area (Å²) in [5.74, 6) is 0.842. The minimum Gasteiger partial charge on any atom is -0.504 e. The van der Waals surface area contributed by atoms with Gasteiger partial charge in [-0.1, -0.05) is 12.1 Å². The molecule has 0 fully saturated rings. The Labute approximate surface area is 191 Å². The molecule has 8 nitrogen and oxygen atoms in total. The van der Waals surface area contributed by atoms with Crippen LogP contribution in [0.2, 0.25) is 0 Å². The summed E-state index contributed by atoms with van der Waals surface area (Å²) < 4.78 is 5.18. The lowest BCUT2D eigenvalue weighted by Gasteiger charge is -2.16. The van der Waals surface area contributed by atoms with Gasteiger partial charge in [0.25, 0.3) is 5.91 Å². The number of carbonyl (C=O) groups excluding carboxylic acids is 1. The largest absolute Gasteiger partial charge is 0.504 e. The molecule has 8 heteroatoms. The van der Waals surface area contributed by atoms with E-state index in [1.165, 1.54) is 13.3 Å². The fraction of sp³-hybridized carbons (Fsp3) is 0.120. The van der Waals surface area contributed by atoms with Gasteiger partial charge in [-0.15, -0.1) is 0 Å². The number of aromatic nitrogens is 3. The molecule has 3 N–H and O–H groups in total.